The summed E-state index contributed by atoms with van der Waals surface area (Å²) in [6, 6.07) is 1.97. The molecule has 2 aliphatic carbocycles. The first kappa shape index (κ1) is 22.1. The van der Waals surface area contributed by atoms with Gasteiger partial charge < -0.3 is 5.32 Å². The van der Waals surface area contributed by atoms with E-state index in [1.807, 2.05) is 0 Å². The molecule has 1 unspecified atom stereocenters. The van der Waals surface area contributed by atoms with Gasteiger partial charge in [-0.05, 0) is 51.0 Å². The Morgan fingerprint density at radius 3 is 2.65 bits per heavy atom. The van der Waals surface area contributed by atoms with Gasteiger partial charge in [0.1, 0.15) is 5.69 Å². The van der Waals surface area contributed by atoms with E-state index < -0.39 is 24.2 Å². The van der Waals surface area contributed by atoms with Gasteiger partial charge in [-0.3, -0.25) is 9.69 Å². The molecule has 7 nitrogen and oxygen atoms in total. The van der Waals surface area contributed by atoms with Gasteiger partial charge in [0.2, 0.25) is 5.91 Å². The Labute approximate surface area is 180 Å². The number of nitriles is 1. The number of likely N-dealkylation sites (tertiary alicyclic amines) is 1. The van der Waals surface area contributed by atoms with Crippen molar-refractivity contribution in [1.29, 1.82) is 5.26 Å². The average Bonchev–Trinajstić information content (AvgIpc) is 3.40. The highest BCUT2D eigenvalue weighted by Crippen LogP contribution is 2.43. The van der Waals surface area contributed by atoms with Crippen LogP contribution in [0.25, 0.3) is 0 Å². The van der Waals surface area contributed by atoms with Gasteiger partial charge in [-0.15, -0.1) is 5.10 Å². The zero-order valence-electron chi connectivity index (χ0n) is 17.6. The van der Waals surface area contributed by atoms with Gasteiger partial charge in [-0.25, -0.2) is 4.68 Å². The third kappa shape index (κ3) is 5.20. The van der Waals surface area contributed by atoms with Crippen molar-refractivity contribution in [3.63, 3.8) is 0 Å². The second kappa shape index (κ2) is 8.77. The van der Waals surface area contributed by atoms with Crippen LogP contribution in [0.3, 0.4) is 0 Å². The van der Waals surface area contributed by atoms with E-state index in [0.717, 1.165) is 44.9 Å². The Hall–Kier alpha value is -2.15. The summed E-state index contributed by atoms with van der Waals surface area (Å²) in [7, 11) is 0. The molecular formula is C21H29F3N6O. The van der Waals surface area contributed by atoms with Gasteiger partial charge in [0.25, 0.3) is 0 Å². The second-order valence-corrected chi connectivity index (χ2v) is 9.31. The van der Waals surface area contributed by atoms with Crippen molar-refractivity contribution < 1.29 is 18.0 Å². The molecule has 31 heavy (non-hydrogen) atoms. The summed E-state index contributed by atoms with van der Waals surface area (Å²) in [5, 5.41) is 21.0. The number of hydrogen-bond donors (Lipinski definition) is 1. The molecule has 3 fully saturated rings. The number of amides is 1. The molecule has 1 aromatic rings. The fraction of sp³-hybridized carbons (Fsp3) is 0.810. The molecular weight excluding hydrogens is 409 g/mol. The fourth-order valence-corrected chi connectivity index (χ4v) is 4.98. The lowest BCUT2D eigenvalue weighted by Gasteiger charge is -2.35. The van der Waals surface area contributed by atoms with E-state index in [0.29, 0.717) is 25.1 Å². The molecule has 2 heterocycles. The Kier molecular flexibility index (Phi) is 6.24. The van der Waals surface area contributed by atoms with E-state index in [4.69, 9.17) is 0 Å². The van der Waals surface area contributed by atoms with Crippen LogP contribution in [0.5, 0.6) is 0 Å². The van der Waals surface area contributed by atoms with Crippen LogP contribution in [0.1, 0.15) is 69.5 Å². The number of hydrogen-bond acceptors (Lipinski definition) is 5. The number of nitrogens with one attached hydrogen (secondary N) is 1. The molecule has 0 aromatic carbocycles. The maximum Gasteiger partial charge on any atom is 0.401 e. The minimum absolute atomic E-state index is 0.118. The van der Waals surface area contributed by atoms with Crippen LogP contribution in [0.2, 0.25) is 0 Å². The van der Waals surface area contributed by atoms with Gasteiger partial charge >= 0.3 is 6.18 Å². The maximum absolute atomic E-state index is 13.1. The number of carbonyl (C=O) groups is 1. The minimum atomic E-state index is -4.26. The molecule has 10 heteroatoms. The third-order valence-corrected chi connectivity index (χ3v) is 6.90. The van der Waals surface area contributed by atoms with Crippen molar-refractivity contribution in [1.82, 2.24) is 25.2 Å². The Morgan fingerprint density at radius 1 is 1.26 bits per heavy atom. The van der Waals surface area contributed by atoms with E-state index >= 15 is 0 Å². The fourth-order valence-electron chi connectivity index (χ4n) is 4.98. The molecule has 0 spiro atoms. The summed E-state index contributed by atoms with van der Waals surface area (Å²) in [4.78, 5) is 14.4. The molecule has 2 saturated carbocycles. The van der Waals surface area contributed by atoms with Crippen LogP contribution in [-0.2, 0) is 10.3 Å². The van der Waals surface area contributed by atoms with Crippen LogP contribution >= 0.6 is 0 Å². The lowest BCUT2D eigenvalue weighted by molar-refractivity contribution is -0.152. The zero-order chi connectivity index (χ0) is 22.1. The molecule has 2 atom stereocenters. The van der Waals surface area contributed by atoms with E-state index in [9.17, 15) is 23.2 Å². The standard InChI is InChI=1S/C21H29F3N6O/c22-21(23,24)14-29-10-4-7-16(11-29)19(31)26-18(15-5-2-1-3-6-15)17-12-30(28-27-17)20(13-25)8-9-20/h12,15-16,18H,1-11,14H2,(H,26,31)/t16?,18-/m0/s1. The predicted octanol–water partition coefficient (Wildman–Crippen LogP) is 3.30. The molecule has 170 valence electrons. The molecule has 1 saturated heterocycles. The summed E-state index contributed by atoms with van der Waals surface area (Å²) < 4.78 is 40.0. The quantitative estimate of drug-likeness (QED) is 0.737. The van der Waals surface area contributed by atoms with Crippen LogP contribution in [0.4, 0.5) is 13.2 Å². The molecule has 1 aliphatic heterocycles. The largest absolute Gasteiger partial charge is 0.401 e. The van der Waals surface area contributed by atoms with Gasteiger partial charge in [0.15, 0.2) is 5.54 Å². The highest BCUT2D eigenvalue weighted by molar-refractivity contribution is 5.79. The average molecular weight is 438 g/mol. The summed E-state index contributed by atoms with van der Waals surface area (Å²) in [6.45, 7) is -0.500. The van der Waals surface area contributed by atoms with E-state index in [1.165, 1.54) is 4.90 Å². The zero-order valence-corrected chi connectivity index (χ0v) is 17.6. The number of halogens is 3. The van der Waals surface area contributed by atoms with Gasteiger partial charge in [0.05, 0.1) is 30.8 Å². The first-order valence-corrected chi connectivity index (χ1v) is 11.2. The van der Waals surface area contributed by atoms with Crippen molar-refractivity contribution in [2.45, 2.75) is 75.5 Å². The van der Waals surface area contributed by atoms with Crippen molar-refractivity contribution >= 4 is 5.91 Å². The van der Waals surface area contributed by atoms with E-state index in [1.54, 1.807) is 10.9 Å². The Morgan fingerprint density at radius 2 is 2.00 bits per heavy atom. The first-order valence-electron chi connectivity index (χ1n) is 11.2. The molecule has 1 amide bonds. The van der Waals surface area contributed by atoms with E-state index in [2.05, 4.69) is 21.7 Å². The number of carbonyl (C=O) groups excluding carboxylic acids is 1. The number of piperidine rings is 1. The Bertz CT molecular complexity index is 822. The lowest BCUT2D eigenvalue weighted by atomic mass is 9.82. The summed E-state index contributed by atoms with van der Waals surface area (Å²) >= 11 is 0. The van der Waals surface area contributed by atoms with Crippen LogP contribution < -0.4 is 5.32 Å². The Balaban J connectivity index is 1.47. The van der Waals surface area contributed by atoms with Crippen molar-refractivity contribution in [3.05, 3.63) is 11.9 Å². The number of alkyl halides is 3. The SMILES string of the molecule is N#CC1(n2cc([C@@H](NC(=O)C3CCCN(CC(F)(F)F)C3)C3CCCCC3)nn2)CC1. The minimum Gasteiger partial charge on any atom is -0.347 e. The maximum atomic E-state index is 13.1. The first-order chi connectivity index (χ1) is 14.8. The number of aromatic nitrogens is 3. The summed E-state index contributed by atoms with van der Waals surface area (Å²) in [5.41, 5.74) is 0.0260. The number of nitrogens with zero attached hydrogens (tertiary/aromatic N) is 5. The topological polar surface area (TPSA) is 86.8 Å². The lowest BCUT2D eigenvalue weighted by Crippen LogP contribution is -2.47. The normalized spacial score (nSPS) is 25.5. The smallest absolute Gasteiger partial charge is 0.347 e. The molecule has 0 radical (unpaired) electrons. The van der Waals surface area contributed by atoms with Gasteiger partial charge in [-0.2, -0.15) is 18.4 Å². The van der Waals surface area contributed by atoms with Gasteiger partial charge in [-0.1, -0.05) is 24.5 Å². The van der Waals surface area contributed by atoms with Crippen LogP contribution in [0, 0.1) is 23.2 Å². The molecule has 1 N–H and O–H groups in total. The monoisotopic (exact) mass is 438 g/mol. The number of rotatable bonds is 6. The third-order valence-electron chi connectivity index (χ3n) is 6.90. The highest BCUT2D eigenvalue weighted by Gasteiger charge is 2.47. The van der Waals surface area contributed by atoms with Gasteiger partial charge in [0, 0.05) is 6.54 Å². The molecule has 3 aliphatic rings. The van der Waals surface area contributed by atoms with Crippen LogP contribution in [-0.4, -0.2) is 51.6 Å². The molecule has 0 bridgehead atoms. The predicted molar refractivity (Wildman–Crippen MR) is 106 cm³/mol. The molecule has 1 aromatic heterocycles. The van der Waals surface area contributed by atoms with Crippen molar-refractivity contribution in [3.8, 4) is 6.07 Å². The highest BCUT2D eigenvalue weighted by atomic mass is 19.4. The van der Waals surface area contributed by atoms with Crippen LogP contribution in [0.15, 0.2) is 6.20 Å². The van der Waals surface area contributed by atoms with Crippen molar-refractivity contribution in [2.24, 2.45) is 11.8 Å². The second-order valence-electron chi connectivity index (χ2n) is 9.31. The summed E-state index contributed by atoms with van der Waals surface area (Å²) in [6.07, 6.45) is 5.40. The molecule has 4 rings (SSSR count). The summed E-state index contributed by atoms with van der Waals surface area (Å²) in [5.74, 6) is -0.459. The van der Waals surface area contributed by atoms with E-state index in [-0.39, 0.29) is 24.4 Å². The van der Waals surface area contributed by atoms with Crippen molar-refractivity contribution in [2.75, 3.05) is 19.6 Å².